The van der Waals surface area contributed by atoms with Crippen molar-refractivity contribution in [1.82, 2.24) is 9.97 Å². The minimum absolute atomic E-state index is 1.06. The van der Waals surface area contributed by atoms with Gasteiger partial charge in [0, 0.05) is 29.3 Å². The lowest BCUT2D eigenvalue weighted by Gasteiger charge is -2.00. The van der Waals surface area contributed by atoms with Gasteiger partial charge in [0.2, 0.25) is 0 Å². The van der Waals surface area contributed by atoms with E-state index in [9.17, 15) is 0 Å². The van der Waals surface area contributed by atoms with Gasteiger partial charge >= 0.3 is 0 Å². The van der Waals surface area contributed by atoms with E-state index in [1.54, 1.807) is 0 Å². The van der Waals surface area contributed by atoms with Gasteiger partial charge in [-0.2, -0.15) is 0 Å². The third-order valence-corrected chi connectivity index (χ3v) is 2.24. The quantitative estimate of drug-likeness (QED) is 0.784. The summed E-state index contributed by atoms with van der Waals surface area (Å²) < 4.78 is 0. The Morgan fingerprint density at radius 1 is 1.29 bits per heavy atom. The van der Waals surface area contributed by atoms with Gasteiger partial charge in [0.25, 0.3) is 0 Å². The number of pyridine rings is 1. The normalized spacial score (nSPS) is 10.4. The van der Waals surface area contributed by atoms with E-state index < -0.39 is 0 Å². The van der Waals surface area contributed by atoms with Crippen molar-refractivity contribution < 1.29 is 0 Å². The fourth-order valence-electron chi connectivity index (χ4n) is 1.50. The van der Waals surface area contributed by atoms with Crippen LogP contribution in [0.2, 0.25) is 0 Å². The molecule has 0 fully saturated rings. The number of aryl methyl sites for hydroxylation is 1. The molecule has 0 bridgehead atoms. The molecule has 14 heavy (non-hydrogen) atoms. The molecule has 0 aliphatic heterocycles. The van der Waals surface area contributed by atoms with Gasteiger partial charge in [-0.15, -0.1) is 0 Å². The van der Waals surface area contributed by atoms with Gasteiger partial charge in [-0.3, -0.25) is 4.98 Å². The van der Waals surface area contributed by atoms with Gasteiger partial charge in [-0.25, -0.2) is 0 Å². The number of hydrogen-bond donors (Lipinski definition) is 1. The molecule has 0 spiro atoms. The summed E-state index contributed by atoms with van der Waals surface area (Å²) in [4.78, 5) is 7.57. The number of aromatic amines is 1. The number of aromatic nitrogens is 2. The molecule has 2 heteroatoms. The van der Waals surface area contributed by atoms with E-state index in [0.29, 0.717) is 0 Å². The molecule has 2 rings (SSSR count). The van der Waals surface area contributed by atoms with Crippen LogP contribution in [0.15, 0.2) is 36.7 Å². The van der Waals surface area contributed by atoms with Crippen molar-refractivity contribution in [3.63, 3.8) is 0 Å². The first kappa shape index (κ1) is 9.00. The molecule has 0 aliphatic carbocycles. The van der Waals surface area contributed by atoms with Crippen LogP contribution in [0.4, 0.5) is 0 Å². The van der Waals surface area contributed by atoms with E-state index in [0.717, 1.165) is 24.1 Å². The molecule has 2 aromatic heterocycles. The lowest BCUT2D eigenvalue weighted by molar-refractivity contribution is 0.883. The average Bonchev–Trinajstić information content (AvgIpc) is 2.72. The SMILES string of the molecule is CCCc1ccc(-c2ccc[nH]2)cn1. The summed E-state index contributed by atoms with van der Waals surface area (Å²) in [6, 6.07) is 8.26. The molecule has 0 radical (unpaired) electrons. The Morgan fingerprint density at radius 3 is 2.79 bits per heavy atom. The van der Waals surface area contributed by atoms with E-state index in [-0.39, 0.29) is 0 Å². The van der Waals surface area contributed by atoms with Gasteiger partial charge in [-0.1, -0.05) is 13.3 Å². The Hall–Kier alpha value is -1.57. The number of nitrogens with one attached hydrogen (secondary N) is 1. The first-order valence-corrected chi connectivity index (χ1v) is 4.99. The summed E-state index contributed by atoms with van der Waals surface area (Å²) in [6.45, 7) is 2.17. The molecule has 2 aromatic rings. The zero-order valence-corrected chi connectivity index (χ0v) is 8.33. The fourth-order valence-corrected chi connectivity index (χ4v) is 1.50. The maximum atomic E-state index is 4.40. The van der Waals surface area contributed by atoms with Crippen LogP contribution in [0.1, 0.15) is 19.0 Å². The number of nitrogens with zero attached hydrogens (tertiary/aromatic N) is 1. The van der Waals surface area contributed by atoms with Crippen molar-refractivity contribution in [2.45, 2.75) is 19.8 Å². The maximum absolute atomic E-state index is 4.40. The summed E-state index contributed by atoms with van der Waals surface area (Å²) in [6.07, 6.45) is 6.06. The maximum Gasteiger partial charge on any atom is 0.0469 e. The smallest absolute Gasteiger partial charge is 0.0469 e. The van der Waals surface area contributed by atoms with Crippen LogP contribution >= 0.6 is 0 Å². The van der Waals surface area contributed by atoms with Crippen LogP contribution in [0.3, 0.4) is 0 Å². The summed E-state index contributed by atoms with van der Waals surface area (Å²) in [5.74, 6) is 0. The predicted molar refractivity (Wildman–Crippen MR) is 58.0 cm³/mol. The van der Waals surface area contributed by atoms with Gasteiger partial charge < -0.3 is 4.98 Å². The molecule has 0 amide bonds. The lowest BCUT2D eigenvalue weighted by Crippen LogP contribution is -1.88. The molecule has 72 valence electrons. The standard InChI is InChI=1S/C12H14N2/c1-2-4-11-7-6-10(9-14-11)12-5-3-8-13-12/h3,5-9,13H,2,4H2,1H3. The highest BCUT2D eigenvalue weighted by atomic mass is 14.7. The van der Waals surface area contributed by atoms with Gasteiger partial charge in [0.15, 0.2) is 0 Å². The van der Waals surface area contributed by atoms with Gasteiger partial charge in [-0.05, 0) is 30.7 Å². The van der Waals surface area contributed by atoms with Crippen molar-refractivity contribution >= 4 is 0 Å². The first-order chi connectivity index (χ1) is 6.90. The Morgan fingerprint density at radius 2 is 2.21 bits per heavy atom. The summed E-state index contributed by atoms with van der Waals surface area (Å²) >= 11 is 0. The molecule has 0 aliphatic rings. The molecule has 1 N–H and O–H groups in total. The van der Waals surface area contributed by atoms with Gasteiger partial charge in [0.05, 0.1) is 0 Å². The second kappa shape index (κ2) is 4.09. The summed E-state index contributed by atoms with van der Waals surface area (Å²) in [5.41, 5.74) is 3.44. The van der Waals surface area contributed by atoms with Crippen molar-refractivity contribution in [2.75, 3.05) is 0 Å². The third kappa shape index (κ3) is 1.84. The fraction of sp³-hybridized carbons (Fsp3) is 0.250. The molecule has 0 unspecified atom stereocenters. The van der Waals surface area contributed by atoms with Crippen LogP contribution in [0.5, 0.6) is 0 Å². The molecule has 0 saturated heterocycles. The topological polar surface area (TPSA) is 28.7 Å². The molecule has 2 heterocycles. The summed E-state index contributed by atoms with van der Waals surface area (Å²) in [7, 11) is 0. The minimum Gasteiger partial charge on any atom is -0.361 e. The highest BCUT2D eigenvalue weighted by Gasteiger charge is 1.98. The highest BCUT2D eigenvalue weighted by Crippen LogP contribution is 2.15. The van der Waals surface area contributed by atoms with E-state index in [4.69, 9.17) is 0 Å². The van der Waals surface area contributed by atoms with E-state index in [1.807, 2.05) is 18.5 Å². The van der Waals surface area contributed by atoms with Crippen LogP contribution in [-0.4, -0.2) is 9.97 Å². The second-order valence-corrected chi connectivity index (χ2v) is 3.37. The van der Waals surface area contributed by atoms with E-state index in [2.05, 4.69) is 35.1 Å². The Kier molecular flexibility index (Phi) is 2.63. The molecular weight excluding hydrogens is 172 g/mol. The van der Waals surface area contributed by atoms with Crippen LogP contribution in [0, 0.1) is 0 Å². The second-order valence-electron chi connectivity index (χ2n) is 3.37. The molecule has 0 saturated carbocycles. The van der Waals surface area contributed by atoms with E-state index >= 15 is 0 Å². The van der Waals surface area contributed by atoms with Crippen LogP contribution in [-0.2, 0) is 6.42 Å². The Labute approximate surface area is 84.0 Å². The van der Waals surface area contributed by atoms with Crippen LogP contribution in [0.25, 0.3) is 11.3 Å². The highest BCUT2D eigenvalue weighted by molar-refractivity contribution is 5.57. The number of rotatable bonds is 3. The molecule has 0 aromatic carbocycles. The zero-order valence-electron chi connectivity index (χ0n) is 8.33. The molecule has 2 nitrogen and oxygen atoms in total. The Bertz CT molecular complexity index is 373. The van der Waals surface area contributed by atoms with Crippen molar-refractivity contribution in [1.29, 1.82) is 0 Å². The number of hydrogen-bond acceptors (Lipinski definition) is 1. The van der Waals surface area contributed by atoms with Crippen molar-refractivity contribution in [3.05, 3.63) is 42.4 Å². The lowest BCUT2D eigenvalue weighted by atomic mass is 10.1. The van der Waals surface area contributed by atoms with Gasteiger partial charge in [0.1, 0.15) is 0 Å². The van der Waals surface area contributed by atoms with Crippen molar-refractivity contribution in [3.8, 4) is 11.3 Å². The largest absolute Gasteiger partial charge is 0.361 e. The third-order valence-electron chi connectivity index (χ3n) is 2.24. The summed E-state index contributed by atoms with van der Waals surface area (Å²) in [5, 5.41) is 0. The molecular formula is C12H14N2. The zero-order chi connectivity index (χ0) is 9.80. The average molecular weight is 186 g/mol. The molecule has 0 atom stereocenters. The van der Waals surface area contributed by atoms with E-state index in [1.165, 1.54) is 5.69 Å². The van der Waals surface area contributed by atoms with Crippen LogP contribution < -0.4 is 0 Å². The minimum atomic E-state index is 1.06. The number of H-pyrrole nitrogens is 1. The monoisotopic (exact) mass is 186 g/mol. The Balaban J connectivity index is 2.22. The van der Waals surface area contributed by atoms with Crippen molar-refractivity contribution in [2.24, 2.45) is 0 Å². The first-order valence-electron chi connectivity index (χ1n) is 4.99. The predicted octanol–water partition coefficient (Wildman–Crippen LogP) is 3.03.